The third kappa shape index (κ3) is 2.86. The predicted molar refractivity (Wildman–Crippen MR) is 59.8 cm³/mol. The number of hydrogen-bond donors (Lipinski definition) is 0. The average Bonchev–Trinajstić information content (AvgIpc) is 2.17. The Morgan fingerprint density at radius 2 is 1.54 bits per heavy atom. The molecular weight excluding hydrogens is 156 g/mol. The van der Waals surface area contributed by atoms with E-state index in [-0.39, 0.29) is 0 Å². The molecule has 0 radical (unpaired) electrons. The lowest BCUT2D eigenvalue weighted by Gasteiger charge is -2.25. The summed E-state index contributed by atoms with van der Waals surface area (Å²) >= 11 is 0. The third-order valence-corrected chi connectivity index (χ3v) is 3.71. The number of allylic oxidation sites excluding steroid dienone is 2. The summed E-state index contributed by atoms with van der Waals surface area (Å²) in [4.78, 5) is 0. The van der Waals surface area contributed by atoms with Crippen LogP contribution in [0.25, 0.3) is 0 Å². The molecule has 0 saturated heterocycles. The molecule has 0 spiro atoms. The zero-order chi connectivity index (χ0) is 9.84. The van der Waals surface area contributed by atoms with Crippen molar-refractivity contribution in [2.45, 2.75) is 59.8 Å². The molecule has 1 rings (SSSR count). The van der Waals surface area contributed by atoms with Gasteiger partial charge in [0.15, 0.2) is 0 Å². The van der Waals surface area contributed by atoms with E-state index in [1.165, 1.54) is 32.1 Å². The molecule has 0 unspecified atom stereocenters. The van der Waals surface area contributed by atoms with Crippen LogP contribution in [0.1, 0.15) is 59.8 Å². The Labute approximate surface area is 83.4 Å². The topological polar surface area (TPSA) is 0 Å². The molecule has 0 bridgehead atoms. The van der Waals surface area contributed by atoms with E-state index in [1.54, 1.807) is 11.1 Å². The van der Waals surface area contributed by atoms with Crippen molar-refractivity contribution in [1.82, 2.24) is 0 Å². The molecule has 0 nitrogen and oxygen atoms in total. The van der Waals surface area contributed by atoms with Crippen LogP contribution >= 0.6 is 0 Å². The average molecular weight is 180 g/mol. The summed E-state index contributed by atoms with van der Waals surface area (Å²) in [5.74, 6) is 1.65. The highest BCUT2D eigenvalue weighted by atomic mass is 14.2. The first-order chi connectivity index (χ1) is 6.13. The van der Waals surface area contributed by atoms with E-state index >= 15 is 0 Å². The fraction of sp³-hybridized carbons (Fsp3) is 0.846. The van der Waals surface area contributed by atoms with Crippen LogP contribution in [0.4, 0.5) is 0 Å². The van der Waals surface area contributed by atoms with E-state index in [0.29, 0.717) is 0 Å². The van der Waals surface area contributed by atoms with Gasteiger partial charge in [-0.05, 0) is 38.5 Å². The second-order valence-corrected chi connectivity index (χ2v) is 4.86. The van der Waals surface area contributed by atoms with Crippen molar-refractivity contribution in [1.29, 1.82) is 0 Å². The maximum absolute atomic E-state index is 2.35. The van der Waals surface area contributed by atoms with Crippen LogP contribution in [-0.2, 0) is 0 Å². The van der Waals surface area contributed by atoms with Crippen LogP contribution in [0.5, 0.6) is 0 Å². The van der Waals surface area contributed by atoms with Crippen molar-refractivity contribution >= 4 is 0 Å². The van der Waals surface area contributed by atoms with Crippen LogP contribution in [0, 0.1) is 11.8 Å². The normalized spacial score (nSPS) is 21.9. The Morgan fingerprint density at radius 3 is 2.00 bits per heavy atom. The van der Waals surface area contributed by atoms with Gasteiger partial charge < -0.3 is 0 Å². The molecular formula is C13H24. The van der Waals surface area contributed by atoms with E-state index in [0.717, 1.165) is 11.8 Å². The van der Waals surface area contributed by atoms with Gasteiger partial charge in [0.2, 0.25) is 0 Å². The molecule has 76 valence electrons. The van der Waals surface area contributed by atoms with Crippen LogP contribution < -0.4 is 0 Å². The first kappa shape index (κ1) is 10.8. The summed E-state index contributed by atoms with van der Waals surface area (Å²) in [7, 11) is 0. The molecule has 1 fully saturated rings. The maximum atomic E-state index is 2.35. The number of rotatable bonds is 2. The van der Waals surface area contributed by atoms with Gasteiger partial charge in [0.25, 0.3) is 0 Å². The lowest BCUT2D eigenvalue weighted by atomic mass is 9.81. The molecule has 13 heavy (non-hydrogen) atoms. The molecule has 1 aliphatic rings. The molecule has 0 atom stereocenters. The molecule has 0 heterocycles. The SMILES string of the molecule is CC(=C(C)C1CCCCC1)C(C)C. The minimum atomic E-state index is 0.738. The first-order valence-corrected chi connectivity index (χ1v) is 5.80. The summed E-state index contributed by atoms with van der Waals surface area (Å²) in [6.07, 6.45) is 7.25. The molecule has 0 aromatic carbocycles. The number of hydrogen-bond acceptors (Lipinski definition) is 0. The summed E-state index contributed by atoms with van der Waals surface area (Å²) in [6.45, 7) is 9.28. The van der Waals surface area contributed by atoms with Gasteiger partial charge in [0, 0.05) is 0 Å². The Morgan fingerprint density at radius 1 is 1.00 bits per heavy atom. The lowest BCUT2D eigenvalue weighted by molar-refractivity contribution is 0.398. The molecule has 1 aliphatic carbocycles. The Hall–Kier alpha value is -0.260. The summed E-state index contributed by atoms with van der Waals surface area (Å²) in [5.41, 5.74) is 3.32. The summed E-state index contributed by atoms with van der Waals surface area (Å²) in [5, 5.41) is 0. The van der Waals surface area contributed by atoms with Crippen LogP contribution in [0.2, 0.25) is 0 Å². The summed E-state index contributed by atoms with van der Waals surface area (Å²) < 4.78 is 0. The Balaban J connectivity index is 2.63. The van der Waals surface area contributed by atoms with Gasteiger partial charge in [-0.15, -0.1) is 0 Å². The first-order valence-electron chi connectivity index (χ1n) is 5.80. The largest absolute Gasteiger partial charge is 0.0716 e. The van der Waals surface area contributed by atoms with Crippen LogP contribution in [0.15, 0.2) is 11.1 Å². The quantitative estimate of drug-likeness (QED) is 0.546. The van der Waals surface area contributed by atoms with Gasteiger partial charge in [-0.1, -0.05) is 44.3 Å². The zero-order valence-corrected chi connectivity index (χ0v) is 9.69. The maximum Gasteiger partial charge on any atom is -0.0203 e. The van der Waals surface area contributed by atoms with Crippen molar-refractivity contribution in [3.63, 3.8) is 0 Å². The van der Waals surface area contributed by atoms with E-state index in [2.05, 4.69) is 27.7 Å². The van der Waals surface area contributed by atoms with Crippen molar-refractivity contribution in [2.24, 2.45) is 11.8 Å². The molecule has 0 amide bonds. The third-order valence-electron chi connectivity index (χ3n) is 3.71. The van der Waals surface area contributed by atoms with Crippen LogP contribution in [0.3, 0.4) is 0 Å². The lowest BCUT2D eigenvalue weighted by Crippen LogP contribution is -2.10. The van der Waals surface area contributed by atoms with Gasteiger partial charge in [0.1, 0.15) is 0 Å². The molecule has 0 aromatic heterocycles. The van der Waals surface area contributed by atoms with E-state index in [4.69, 9.17) is 0 Å². The van der Waals surface area contributed by atoms with E-state index in [9.17, 15) is 0 Å². The fourth-order valence-electron chi connectivity index (χ4n) is 2.31. The second-order valence-electron chi connectivity index (χ2n) is 4.86. The monoisotopic (exact) mass is 180 g/mol. The molecule has 0 aliphatic heterocycles. The van der Waals surface area contributed by atoms with Crippen molar-refractivity contribution in [3.05, 3.63) is 11.1 Å². The predicted octanol–water partition coefficient (Wildman–Crippen LogP) is 4.56. The van der Waals surface area contributed by atoms with Crippen molar-refractivity contribution in [2.75, 3.05) is 0 Å². The van der Waals surface area contributed by atoms with Gasteiger partial charge >= 0.3 is 0 Å². The highest BCUT2D eigenvalue weighted by Gasteiger charge is 2.16. The zero-order valence-electron chi connectivity index (χ0n) is 9.69. The minimum Gasteiger partial charge on any atom is -0.0716 e. The van der Waals surface area contributed by atoms with Gasteiger partial charge in [-0.2, -0.15) is 0 Å². The van der Waals surface area contributed by atoms with Gasteiger partial charge in [-0.25, -0.2) is 0 Å². The van der Waals surface area contributed by atoms with E-state index < -0.39 is 0 Å². The van der Waals surface area contributed by atoms with E-state index in [1.807, 2.05) is 0 Å². The van der Waals surface area contributed by atoms with Crippen molar-refractivity contribution in [3.8, 4) is 0 Å². The summed E-state index contributed by atoms with van der Waals surface area (Å²) in [6, 6.07) is 0. The smallest absolute Gasteiger partial charge is 0.0203 e. The molecule has 0 N–H and O–H groups in total. The van der Waals surface area contributed by atoms with Gasteiger partial charge in [0.05, 0.1) is 0 Å². The molecule has 1 saturated carbocycles. The molecule has 0 aromatic rings. The van der Waals surface area contributed by atoms with Crippen LogP contribution in [-0.4, -0.2) is 0 Å². The van der Waals surface area contributed by atoms with Crippen molar-refractivity contribution < 1.29 is 0 Å². The highest BCUT2D eigenvalue weighted by molar-refractivity contribution is 5.15. The highest BCUT2D eigenvalue weighted by Crippen LogP contribution is 2.32. The minimum absolute atomic E-state index is 0.738. The fourth-order valence-corrected chi connectivity index (χ4v) is 2.31. The Kier molecular flexibility index (Phi) is 4.02. The van der Waals surface area contributed by atoms with Gasteiger partial charge in [-0.3, -0.25) is 0 Å². The standard InChI is InChI=1S/C13H24/c1-10(2)11(3)12(4)13-8-6-5-7-9-13/h10,13H,5-9H2,1-4H3. The second kappa shape index (κ2) is 4.83. The molecule has 0 heteroatoms. The Bertz CT molecular complexity index is 180.